The van der Waals surface area contributed by atoms with Gasteiger partial charge in [-0.15, -0.1) is 21.5 Å². The molecule has 6 nitrogen and oxygen atoms in total. The van der Waals surface area contributed by atoms with E-state index in [1.165, 1.54) is 0 Å². The highest BCUT2D eigenvalue weighted by molar-refractivity contribution is 14.1. The van der Waals surface area contributed by atoms with Gasteiger partial charge in [-0.1, -0.05) is 13.8 Å². The lowest BCUT2D eigenvalue weighted by atomic mass is 10.2. The number of nitrogens with two attached hydrogens (primary N) is 1. The van der Waals surface area contributed by atoms with Crippen LogP contribution in [-0.4, -0.2) is 23.2 Å². The lowest BCUT2D eigenvalue weighted by Gasteiger charge is -2.10. The fourth-order valence-corrected chi connectivity index (χ4v) is 3.62. The Bertz CT molecular complexity index is 690. The van der Waals surface area contributed by atoms with Gasteiger partial charge >= 0.3 is 0 Å². The Labute approximate surface area is 129 Å². The van der Waals surface area contributed by atoms with Gasteiger partial charge in [0, 0.05) is 17.5 Å². The van der Waals surface area contributed by atoms with Crippen molar-refractivity contribution in [2.24, 2.45) is 11.1 Å². The zero-order valence-electron chi connectivity index (χ0n) is 10.4. The fourth-order valence-electron chi connectivity index (χ4n) is 1.67. The average molecular weight is 412 g/mol. The van der Waals surface area contributed by atoms with E-state index >= 15 is 0 Å². The number of sulfonamides is 1. The molecule has 0 aliphatic carbocycles. The van der Waals surface area contributed by atoms with Crippen LogP contribution >= 0.6 is 33.9 Å². The summed E-state index contributed by atoms with van der Waals surface area (Å²) in [6.45, 7) is 4.49. The maximum atomic E-state index is 11.5. The van der Waals surface area contributed by atoms with Crippen LogP contribution in [0.2, 0.25) is 0 Å². The number of nitrogens with zero attached hydrogens (tertiary/aromatic N) is 3. The number of halogens is 1. The predicted molar refractivity (Wildman–Crippen MR) is 82.3 cm³/mol. The van der Waals surface area contributed by atoms with Crippen LogP contribution in [0.3, 0.4) is 0 Å². The Morgan fingerprint density at radius 2 is 2.16 bits per heavy atom. The molecule has 2 aromatic rings. The molecule has 2 aromatic heterocycles. The average Bonchev–Trinajstić information content (AvgIpc) is 2.82. The lowest BCUT2D eigenvalue weighted by molar-refractivity contribution is 0.486. The van der Waals surface area contributed by atoms with E-state index in [-0.39, 0.29) is 11.1 Å². The first-order valence-electron chi connectivity index (χ1n) is 5.49. The summed E-state index contributed by atoms with van der Waals surface area (Å²) in [6, 6.07) is 1.94. The van der Waals surface area contributed by atoms with E-state index in [0.717, 1.165) is 8.45 Å². The maximum absolute atomic E-state index is 11.5. The summed E-state index contributed by atoms with van der Waals surface area (Å²) in [5.74, 6) is 0.796. The van der Waals surface area contributed by atoms with Crippen LogP contribution in [0.4, 0.5) is 0 Å². The minimum atomic E-state index is -3.87. The Balaban J connectivity index is 2.59. The third-order valence-corrected chi connectivity index (χ3v) is 4.94. The van der Waals surface area contributed by atoms with Gasteiger partial charge in [-0.3, -0.25) is 4.57 Å². The summed E-state index contributed by atoms with van der Waals surface area (Å²) >= 11 is 3.77. The molecule has 0 radical (unpaired) electrons. The topological polar surface area (TPSA) is 90.9 Å². The van der Waals surface area contributed by atoms with Gasteiger partial charge in [-0.05, 0) is 34.6 Å². The van der Waals surface area contributed by atoms with Crippen molar-refractivity contribution in [3.8, 4) is 11.4 Å². The summed E-state index contributed by atoms with van der Waals surface area (Å²) in [5, 5.41) is 14.6. The molecule has 2 heterocycles. The van der Waals surface area contributed by atoms with Crippen molar-refractivity contribution in [1.29, 1.82) is 0 Å². The van der Waals surface area contributed by atoms with Crippen LogP contribution in [0, 0.1) is 8.80 Å². The Morgan fingerprint density at radius 1 is 1.47 bits per heavy atom. The summed E-state index contributed by atoms with van der Waals surface area (Å²) < 4.78 is 25.7. The summed E-state index contributed by atoms with van der Waals surface area (Å²) in [7, 11) is -3.87. The highest BCUT2D eigenvalue weighted by Crippen LogP contribution is 2.27. The molecule has 0 saturated carbocycles. The van der Waals surface area contributed by atoms with Gasteiger partial charge in [0.05, 0.1) is 2.88 Å². The number of aromatic nitrogens is 3. The number of rotatable bonds is 4. The van der Waals surface area contributed by atoms with Crippen molar-refractivity contribution >= 4 is 44.0 Å². The van der Waals surface area contributed by atoms with Crippen LogP contribution < -0.4 is 5.14 Å². The molecule has 0 amide bonds. The molecule has 0 aliphatic rings. The van der Waals surface area contributed by atoms with Gasteiger partial charge in [0.25, 0.3) is 15.2 Å². The van der Waals surface area contributed by atoms with Gasteiger partial charge in [0.15, 0.2) is 5.82 Å². The highest BCUT2D eigenvalue weighted by atomic mass is 127. The smallest absolute Gasteiger partial charge is 0.273 e. The highest BCUT2D eigenvalue weighted by Gasteiger charge is 2.22. The quantitative estimate of drug-likeness (QED) is 0.777. The molecule has 0 atom stereocenters. The summed E-state index contributed by atoms with van der Waals surface area (Å²) in [6.07, 6.45) is 0. The molecule has 2 rings (SSSR count). The fraction of sp³-hybridized carbons (Fsp3) is 0.400. The zero-order valence-corrected chi connectivity index (χ0v) is 14.2. The molecule has 0 fully saturated rings. The molecule has 0 aromatic carbocycles. The Hall–Kier alpha value is -0.520. The molecule has 0 spiro atoms. The molecule has 0 bridgehead atoms. The first-order valence-corrected chi connectivity index (χ1v) is 9.00. The third-order valence-electron chi connectivity index (χ3n) is 2.34. The standard InChI is InChI=1S/C10H13IN4O2S2/c1-6(2)4-15-9(7-3-8(11)18-5-7)13-14-10(15)19(12,16)17/h3,5-6H,4H2,1-2H3,(H2,12,16,17). The molecule has 2 N–H and O–H groups in total. The second-order valence-electron chi connectivity index (χ2n) is 4.50. The SMILES string of the molecule is CC(C)Cn1c(-c2csc(I)c2)nnc1S(N)(=O)=O. The minimum absolute atomic E-state index is 0.183. The summed E-state index contributed by atoms with van der Waals surface area (Å²) in [4.78, 5) is 0. The van der Waals surface area contributed by atoms with Gasteiger partial charge in [0.1, 0.15) is 0 Å². The number of hydrogen-bond donors (Lipinski definition) is 1. The normalized spacial score (nSPS) is 12.3. The van der Waals surface area contributed by atoms with E-state index in [4.69, 9.17) is 5.14 Å². The van der Waals surface area contributed by atoms with Gasteiger partial charge < -0.3 is 0 Å². The zero-order chi connectivity index (χ0) is 14.2. The molecule has 104 valence electrons. The van der Waals surface area contributed by atoms with E-state index in [0.29, 0.717) is 12.4 Å². The molecule has 19 heavy (non-hydrogen) atoms. The molecular formula is C10H13IN4O2S2. The monoisotopic (exact) mass is 412 g/mol. The van der Waals surface area contributed by atoms with Crippen molar-refractivity contribution in [2.75, 3.05) is 0 Å². The Kier molecular flexibility index (Phi) is 4.28. The van der Waals surface area contributed by atoms with Crippen molar-refractivity contribution in [1.82, 2.24) is 14.8 Å². The largest absolute Gasteiger partial charge is 0.296 e. The van der Waals surface area contributed by atoms with E-state index in [9.17, 15) is 8.42 Å². The van der Waals surface area contributed by atoms with Crippen molar-refractivity contribution in [2.45, 2.75) is 25.5 Å². The molecular weight excluding hydrogens is 399 g/mol. The first-order chi connectivity index (χ1) is 8.79. The third kappa shape index (κ3) is 3.33. The molecule has 0 unspecified atom stereocenters. The molecule has 9 heteroatoms. The van der Waals surface area contributed by atoms with E-state index in [1.807, 2.05) is 25.3 Å². The number of primary sulfonamides is 1. The van der Waals surface area contributed by atoms with E-state index < -0.39 is 10.0 Å². The number of hydrogen-bond acceptors (Lipinski definition) is 5. The second-order valence-corrected chi connectivity index (χ2v) is 8.76. The van der Waals surface area contributed by atoms with Crippen LogP contribution in [0.5, 0.6) is 0 Å². The number of thiophene rings is 1. The Morgan fingerprint density at radius 3 is 2.63 bits per heavy atom. The summed E-state index contributed by atoms with van der Waals surface area (Å²) in [5.41, 5.74) is 0.859. The van der Waals surface area contributed by atoms with E-state index in [2.05, 4.69) is 32.8 Å². The second kappa shape index (κ2) is 5.46. The van der Waals surface area contributed by atoms with Gasteiger partial charge in [-0.2, -0.15) is 0 Å². The maximum Gasteiger partial charge on any atom is 0.273 e. The van der Waals surface area contributed by atoms with Crippen LogP contribution in [0.1, 0.15) is 13.8 Å². The van der Waals surface area contributed by atoms with Gasteiger partial charge in [0.2, 0.25) is 0 Å². The minimum Gasteiger partial charge on any atom is -0.296 e. The molecule has 0 saturated heterocycles. The molecule has 0 aliphatic heterocycles. The van der Waals surface area contributed by atoms with Gasteiger partial charge in [-0.25, -0.2) is 13.6 Å². The predicted octanol–water partition coefficient (Wildman–Crippen LogP) is 1.91. The van der Waals surface area contributed by atoms with E-state index in [1.54, 1.807) is 15.9 Å². The lowest BCUT2D eigenvalue weighted by Crippen LogP contribution is -2.20. The van der Waals surface area contributed by atoms with Crippen LogP contribution in [0.15, 0.2) is 16.6 Å². The first kappa shape index (κ1) is 14.9. The van der Waals surface area contributed by atoms with Crippen molar-refractivity contribution in [3.05, 3.63) is 14.3 Å². The van der Waals surface area contributed by atoms with Crippen molar-refractivity contribution < 1.29 is 8.42 Å². The van der Waals surface area contributed by atoms with Crippen LogP contribution in [0.25, 0.3) is 11.4 Å². The van der Waals surface area contributed by atoms with Crippen molar-refractivity contribution in [3.63, 3.8) is 0 Å². The van der Waals surface area contributed by atoms with Crippen LogP contribution in [-0.2, 0) is 16.6 Å².